The molecule has 1 spiro atoms. The molecule has 3 saturated heterocycles. The van der Waals surface area contributed by atoms with Crippen molar-refractivity contribution in [2.24, 2.45) is 18.9 Å². The lowest BCUT2D eigenvalue weighted by atomic mass is 9.73. The van der Waals surface area contributed by atoms with Crippen LogP contribution in [0.25, 0.3) is 10.9 Å². The van der Waals surface area contributed by atoms with Gasteiger partial charge in [0.05, 0.1) is 24.7 Å². The van der Waals surface area contributed by atoms with E-state index in [-0.39, 0.29) is 11.5 Å². The first-order valence-electron chi connectivity index (χ1n) is 10.1. The molecule has 4 heterocycles. The zero-order valence-corrected chi connectivity index (χ0v) is 16.5. The van der Waals surface area contributed by atoms with E-state index in [9.17, 15) is 4.79 Å². The van der Waals surface area contributed by atoms with Crippen molar-refractivity contribution < 1.29 is 9.53 Å². The highest BCUT2D eigenvalue weighted by atomic mass is 16.5. The maximum atomic E-state index is 13.2. The summed E-state index contributed by atoms with van der Waals surface area (Å²) in [6.45, 7) is 2.70. The van der Waals surface area contributed by atoms with E-state index in [4.69, 9.17) is 4.74 Å². The summed E-state index contributed by atoms with van der Waals surface area (Å²) >= 11 is 0. The number of carbonyl (C=O) groups excluding carboxylic acids is 1. The molecule has 144 valence electrons. The SMILES string of the molecule is CN(C)C[C@H]1[C@H]2CN(C(=O)Cc3cn(C)c4ccccc34)C[C@]23CC[C@H]1O3. The molecule has 27 heavy (non-hydrogen) atoms. The molecule has 2 aromatic rings. The minimum absolute atomic E-state index is 0.0697. The number of ether oxygens (including phenoxy) is 1. The molecule has 0 radical (unpaired) electrons. The number of aromatic nitrogens is 1. The monoisotopic (exact) mass is 367 g/mol. The summed E-state index contributed by atoms with van der Waals surface area (Å²) in [6, 6.07) is 8.33. The van der Waals surface area contributed by atoms with Crippen LogP contribution in [0.4, 0.5) is 0 Å². The van der Waals surface area contributed by atoms with Gasteiger partial charge in [-0.25, -0.2) is 0 Å². The van der Waals surface area contributed by atoms with Crippen molar-refractivity contribution in [2.45, 2.75) is 31.0 Å². The predicted molar refractivity (Wildman–Crippen MR) is 106 cm³/mol. The molecule has 3 fully saturated rings. The fraction of sp³-hybridized carbons (Fsp3) is 0.591. The number of fused-ring (bicyclic) bond motifs is 2. The standard InChI is InChI=1S/C22H29N3O2/c1-23(2)12-17-18-13-25(14-22(18)9-8-20(17)27-22)21(26)10-15-11-24(3)19-7-5-4-6-16(15)19/h4-7,11,17-18,20H,8-10,12-14H2,1-3H3/t17-,18+,20+,22+/m0/s1. The Bertz CT molecular complexity index is 889. The molecule has 0 aliphatic carbocycles. The lowest BCUT2D eigenvalue weighted by Crippen LogP contribution is -2.40. The van der Waals surface area contributed by atoms with Gasteiger partial charge in [-0.2, -0.15) is 0 Å². The molecule has 3 aliphatic rings. The van der Waals surface area contributed by atoms with E-state index >= 15 is 0 Å². The van der Waals surface area contributed by atoms with Crippen LogP contribution in [0.1, 0.15) is 18.4 Å². The second-order valence-electron chi connectivity index (χ2n) is 9.03. The second-order valence-corrected chi connectivity index (χ2v) is 9.03. The van der Waals surface area contributed by atoms with Crippen LogP contribution in [0.2, 0.25) is 0 Å². The Morgan fingerprint density at radius 1 is 1.33 bits per heavy atom. The van der Waals surface area contributed by atoms with E-state index in [0.29, 0.717) is 24.4 Å². The summed E-state index contributed by atoms with van der Waals surface area (Å²) in [7, 11) is 6.32. The first-order valence-corrected chi connectivity index (χ1v) is 10.1. The fourth-order valence-corrected chi connectivity index (χ4v) is 5.89. The second kappa shape index (κ2) is 6.08. The van der Waals surface area contributed by atoms with Gasteiger partial charge in [-0.05, 0) is 38.6 Å². The number of para-hydroxylation sites is 1. The summed E-state index contributed by atoms with van der Waals surface area (Å²) in [4.78, 5) is 17.5. The summed E-state index contributed by atoms with van der Waals surface area (Å²) in [5.74, 6) is 1.30. The summed E-state index contributed by atoms with van der Waals surface area (Å²) in [5.41, 5.74) is 2.24. The molecule has 0 unspecified atom stereocenters. The third-order valence-corrected chi connectivity index (χ3v) is 7.03. The molecular weight excluding hydrogens is 338 g/mol. The average Bonchev–Trinajstić information content (AvgIpc) is 3.36. The number of hydrogen-bond acceptors (Lipinski definition) is 3. The number of hydrogen-bond donors (Lipinski definition) is 0. The van der Waals surface area contributed by atoms with E-state index in [1.807, 2.05) is 19.2 Å². The number of carbonyl (C=O) groups is 1. The molecule has 1 aromatic carbocycles. The number of benzene rings is 1. The average molecular weight is 367 g/mol. The Labute approximate surface area is 160 Å². The zero-order chi connectivity index (χ0) is 18.8. The molecule has 4 atom stereocenters. The van der Waals surface area contributed by atoms with Crippen molar-refractivity contribution in [1.29, 1.82) is 0 Å². The Morgan fingerprint density at radius 2 is 2.15 bits per heavy atom. The van der Waals surface area contributed by atoms with Crippen LogP contribution in [0.3, 0.4) is 0 Å². The highest BCUT2D eigenvalue weighted by Gasteiger charge is 2.63. The zero-order valence-electron chi connectivity index (χ0n) is 16.5. The van der Waals surface area contributed by atoms with E-state index < -0.39 is 0 Å². The molecule has 2 bridgehead atoms. The molecule has 5 rings (SSSR count). The number of amides is 1. The van der Waals surface area contributed by atoms with Crippen molar-refractivity contribution in [2.75, 3.05) is 33.7 Å². The van der Waals surface area contributed by atoms with Crippen molar-refractivity contribution in [3.63, 3.8) is 0 Å². The highest BCUT2D eigenvalue weighted by Crippen LogP contribution is 2.55. The van der Waals surface area contributed by atoms with E-state index in [1.165, 1.54) is 10.9 Å². The normalized spacial score (nSPS) is 32.0. The summed E-state index contributed by atoms with van der Waals surface area (Å²) in [5, 5.41) is 1.19. The highest BCUT2D eigenvalue weighted by molar-refractivity contribution is 5.89. The van der Waals surface area contributed by atoms with E-state index in [1.54, 1.807) is 0 Å². The number of aryl methyl sites for hydroxylation is 1. The first-order chi connectivity index (χ1) is 13.0. The van der Waals surface area contributed by atoms with Crippen LogP contribution >= 0.6 is 0 Å². The Morgan fingerprint density at radius 3 is 2.96 bits per heavy atom. The van der Waals surface area contributed by atoms with Gasteiger partial charge in [-0.1, -0.05) is 18.2 Å². The van der Waals surface area contributed by atoms with Gasteiger partial charge in [-0.3, -0.25) is 4.79 Å². The first kappa shape index (κ1) is 17.3. The Balaban J connectivity index is 1.35. The van der Waals surface area contributed by atoms with Gasteiger partial charge in [0, 0.05) is 49.1 Å². The van der Waals surface area contributed by atoms with Crippen molar-refractivity contribution in [1.82, 2.24) is 14.4 Å². The minimum atomic E-state index is -0.0697. The Hall–Kier alpha value is -1.85. The van der Waals surface area contributed by atoms with Crippen LogP contribution in [0, 0.1) is 11.8 Å². The fourth-order valence-electron chi connectivity index (χ4n) is 5.89. The van der Waals surface area contributed by atoms with Gasteiger partial charge in [0.15, 0.2) is 0 Å². The van der Waals surface area contributed by atoms with Gasteiger partial charge >= 0.3 is 0 Å². The topological polar surface area (TPSA) is 37.7 Å². The number of likely N-dealkylation sites (tertiary alicyclic amines) is 1. The van der Waals surface area contributed by atoms with Crippen molar-refractivity contribution >= 4 is 16.8 Å². The third kappa shape index (κ3) is 2.63. The van der Waals surface area contributed by atoms with Crippen LogP contribution in [-0.4, -0.2) is 65.7 Å². The molecular formula is C22H29N3O2. The van der Waals surface area contributed by atoms with Gasteiger partial charge < -0.3 is 19.1 Å². The van der Waals surface area contributed by atoms with Crippen molar-refractivity contribution in [3.05, 3.63) is 36.0 Å². The molecule has 3 aliphatic heterocycles. The maximum Gasteiger partial charge on any atom is 0.227 e. The largest absolute Gasteiger partial charge is 0.369 e. The molecule has 1 amide bonds. The quantitative estimate of drug-likeness (QED) is 0.832. The summed E-state index contributed by atoms with van der Waals surface area (Å²) in [6.07, 6.45) is 5.25. The number of nitrogens with zero attached hydrogens (tertiary/aromatic N) is 3. The lowest BCUT2D eigenvalue weighted by Gasteiger charge is -2.30. The van der Waals surface area contributed by atoms with Crippen LogP contribution in [0.15, 0.2) is 30.5 Å². The number of rotatable bonds is 4. The van der Waals surface area contributed by atoms with Gasteiger partial charge in [0.25, 0.3) is 0 Å². The van der Waals surface area contributed by atoms with Gasteiger partial charge in [-0.15, -0.1) is 0 Å². The van der Waals surface area contributed by atoms with Gasteiger partial charge in [0.1, 0.15) is 0 Å². The third-order valence-electron chi connectivity index (χ3n) is 7.03. The predicted octanol–water partition coefficient (Wildman–Crippen LogP) is 2.29. The van der Waals surface area contributed by atoms with E-state index in [2.05, 4.69) is 46.8 Å². The van der Waals surface area contributed by atoms with E-state index in [0.717, 1.165) is 38.0 Å². The van der Waals surface area contributed by atoms with Gasteiger partial charge in [0.2, 0.25) is 5.91 Å². The molecule has 0 saturated carbocycles. The lowest BCUT2D eigenvalue weighted by molar-refractivity contribution is -0.131. The summed E-state index contributed by atoms with van der Waals surface area (Å²) < 4.78 is 8.60. The van der Waals surface area contributed by atoms with Crippen LogP contribution in [0.5, 0.6) is 0 Å². The van der Waals surface area contributed by atoms with Crippen LogP contribution < -0.4 is 0 Å². The van der Waals surface area contributed by atoms with Crippen LogP contribution in [-0.2, 0) is 23.0 Å². The molecule has 0 N–H and O–H groups in total. The minimum Gasteiger partial charge on any atom is -0.369 e. The molecule has 5 nitrogen and oxygen atoms in total. The van der Waals surface area contributed by atoms with Crippen molar-refractivity contribution in [3.8, 4) is 0 Å². The molecule has 5 heteroatoms. The maximum absolute atomic E-state index is 13.2. The molecule has 1 aromatic heterocycles. The Kier molecular flexibility index (Phi) is 3.89. The smallest absolute Gasteiger partial charge is 0.227 e.